The van der Waals surface area contributed by atoms with Crippen LogP contribution in [-0.4, -0.2) is 29.9 Å². The average Bonchev–Trinajstić information content (AvgIpc) is 3.09. The van der Waals surface area contributed by atoms with Crippen LogP contribution in [-0.2, 0) is 10.5 Å². The van der Waals surface area contributed by atoms with Crippen LogP contribution in [0.1, 0.15) is 29.5 Å². The lowest BCUT2D eigenvalue weighted by molar-refractivity contribution is -0.117. The van der Waals surface area contributed by atoms with Crippen LogP contribution in [0, 0.1) is 13.8 Å². The summed E-state index contributed by atoms with van der Waals surface area (Å²) in [4.78, 5) is 13.8. The molecule has 0 spiro atoms. The molecular weight excluding hydrogens is 386 g/mol. The molecule has 0 aliphatic carbocycles. The second-order valence-electron chi connectivity index (χ2n) is 7.01. The fraction of sp³-hybridized carbons (Fsp3) is 0.364. The zero-order chi connectivity index (χ0) is 19.9. The molecule has 6 heteroatoms. The molecule has 0 aromatic heterocycles. The number of nitrogens with one attached hydrogen (secondary N) is 2. The highest BCUT2D eigenvalue weighted by Crippen LogP contribution is 2.27. The van der Waals surface area contributed by atoms with E-state index in [1.807, 2.05) is 41.8 Å². The molecule has 0 radical (unpaired) electrons. The summed E-state index contributed by atoms with van der Waals surface area (Å²) < 4.78 is 0. The molecule has 1 heterocycles. The molecule has 2 aromatic carbocycles. The standard InChI is InChI=1S/C22H27N3OS2/c1-16-6-3-4-7-18(16)15-28-13-11-23-22(27)24-19-9-10-20(17(2)14-19)25-12-5-8-21(25)26/h3-4,6-7,9-10,14H,5,8,11-13,15H2,1-2H3,(H2,23,24,27). The van der Waals surface area contributed by atoms with Crippen LogP contribution in [0.15, 0.2) is 42.5 Å². The van der Waals surface area contributed by atoms with Gasteiger partial charge in [0.1, 0.15) is 0 Å². The van der Waals surface area contributed by atoms with E-state index in [2.05, 4.69) is 41.8 Å². The summed E-state index contributed by atoms with van der Waals surface area (Å²) in [6.45, 7) is 5.82. The number of carbonyl (C=O) groups excluding carboxylic acids is 1. The first-order valence-corrected chi connectivity index (χ1v) is 11.2. The van der Waals surface area contributed by atoms with Gasteiger partial charge in [-0.25, -0.2) is 0 Å². The Hall–Kier alpha value is -2.05. The summed E-state index contributed by atoms with van der Waals surface area (Å²) >= 11 is 7.31. The molecule has 0 saturated carbocycles. The molecule has 1 aliphatic rings. The maximum atomic E-state index is 11.9. The third kappa shape index (κ3) is 5.49. The summed E-state index contributed by atoms with van der Waals surface area (Å²) in [7, 11) is 0. The molecule has 1 amide bonds. The van der Waals surface area contributed by atoms with Crippen molar-refractivity contribution in [1.29, 1.82) is 0 Å². The Bertz CT molecular complexity index is 853. The largest absolute Gasteiger partial charge is 0.362 e. The van der Waals surface area contributed by atoms with E-state index in [9.17, 15) is 4.79 Å². The van der Waals surface area contributed by atoms with Gasteiger partial charge in [0.15, 0.2) is 5.11 Å². The molecule has 0 bridgehead atoms. The van der Waals surface area contributed by atoms with Crippen LogP contribution in [0.25, 0.3) is 0 Å². The van der Waals surface area contributed by atoms with Crippen LogP contribution in [0.4, 0.5) is 11.4 Å². The van der Waals surface area contributed by atoms with Crippen LogP contribution < -0.4 is 15.5 Å². The second kappa shape index (κ2) is 9.94. The lowest BCUT2D eigenvalue weighted by Gasteiger charge is -2.19. The number of anilines is 2. The minimum Gasteiger partial charge on any atom is -0.362 e. The molecule has 1 saturated heterocycles. The molecule has 1 fully saturated rings. The van der Waals surface area contributed by atoms with Gasteiger partial charge in [-0.2, -0.15) is 11.8 Å². The fourth-order valence-corrected chi connectivity index (χ4v) is 4.46. The predicted molar refractivity (Wildman–Crippen MR) is 124 cm³/mol. The van der Waals surface area contributed by atoms with E-state index in [-0.39, 0.29) is 5.91 Å². The number of carbonyl (C=O) groups is 1. The highest BCUT2D eigenvalue weighted by molar-refractivity contribution is 7.98. The second-order valence-corrected chi connectivity index (χ2v) is 8.52. The van der Waals surface area contributed by atoms with E-state index in [0.717, 1.165) is 48.0 Å². The molecule has 0 atom stereocenters. The van der Waals surface area contributed by atoms with Crippen LogP contribution in [0.5, 0.6) is 0 Å². The van der Waals surface area contributed by atoms with Crippen LogP contribution in [0.3, 0.4) is 0 Å². The molecule has 2 aromatic rings. The van der Waals surface area contributed by atoms with Crippen molar-refractivity contribution in [3.05, 3.63) is 59.2 Å². The maximum absolute atomic E-state index is 11.9. The summed E-state index contributed by atoms with van der Waals surface area (Å²) in [6, 6.07) is 14.5. The Labute approximate surface area is 177 Å². The Kier molecular flexibility index (Phi) is 7.34. The Balaban J connectivity index is 1.41. The van der Waals surface area contributed by atoms with Crippen molar-refractivity contribution >= 4 is 46.4 Å². The summed E-state index contributed by atoms with van der Waals surface area (Å²) in [6.07, 6.45) is 1.59. The number of amides is 1. The van der Waals surface area contributed by atoms with Gasteiger partial charge in [-0.15, -0.1) is 0 Å². The average molecular weight is 414 g/mol. The highest BCUT2D eigenvalue weighted by Gasteiger charge is 2.22. The molecule has 0 unspecified atom stereocenters. The highest BCUT2D eigenvalue weighted by atomic mass is 32.2. The lowest BCUT2D eigenvalue weighted by Crippen LogP contribution is -2.30. The van der Waals surface area contributed by atoms with E-state index in [1.54, 1.807) is 0 Å². The molecule has 148 valence electrons. The van der Waals surface area contributed by atoms with E-state index < -0.39 is 0 Å². The molecule has 1 aliphatic heterocycles. The number of aryl methyl sites for hydroxylation is 2. The molecule has 3 rings (SSSR count). The SMILES string of the molecule is Cc1ccccc1CSCCNC(=S)Nc1ccc(N2CCCC2=O)c(C)c1. The normalized spacial score (nSPS) is 13.6. The Morgan fingerprint density at radius 3 is 2.71 bits per heavy atom. The fourth-order valence-electron chi connectivity index (χ4n) is 3.31. The van der Waals surface area contributed by atoms with Gasteiger partial charge in [-0.05, 0) is 67.4 Å². The van der Waals surface area contributed by atoms with E-state index >= 15 is 0 Å². The van der Waals surface area contributed by atoms with E-state index in [0.29, 0.717) is 11.5 Å². The van der Waals surface area contributed by atoms with Crippen molar-refractivity contribution < 1.29 is 4.79 Å². The maximum Gasteiger partial charge on any atom is 0.227 e. The zero-order valence-corrected chi connectivity index (χ0v) is 18.1. The van der Waals surface area contributed by atoms with Gasteiger partial charge in [0.25, 0.3) is 0 Å². The minimum atomic E-state index is 0.212. The monoisotopic (exact) mass is 413 g/mol. The topological polar surface area (TPSA) is 44.4 Å². The van der Waals surface area contributed by atoms with Crippen molar-refractivity contribution in [3.63, 3.8) is 0 Å². The van der Waals surface area contributed by atoms with Gasteiger partial charge in [-0.1, -0.05) is 24.3 Å². The number of thioether (sulfide) groups is 1. The van der Waals surface area contributed by atoms with Crippen molar-refractivity contribution in [2.24, 2.45) is 0 Å². The van der Waals surface area contributed by atoms with Gasteiger partial charge >= 0.3 is 0 Å². The predicted octanol–water partition coefficient (Wildman–Crippen LogP) is 4.65. The van der Waals surface area contributed by atoms with Gasteiger partial charge in [0.05, 0.1) is 0 Å². The van der Waals surface area contributed by atoms with E-state index in [1.165, 1.54) is 11.1 Å². The van der Waals surface area contributed by atoms with Gasteiger partial charge in [0, 0.05) is 42.4 Å². The van der Waals surface area contributed by atoms with Gasteiger partial charge in [-0.3, -0.25) is 4.79 Å². The summed E-state index contributed by atoms with van der Waals surface area (Å²) in [5, 5.41) is 7.13. The molecular formula is C22H27N3OS2. The number of thiocarbonyl (C=S) groups is 1. The zero-order valence-electron chi connectivity index (χ0n) is 16.5. The number of nitrogens with zero attached hydrogens (tertiary/aromatic N) is 1. The van der Waals surface area contributed by atoms with Crippen molar-refractivity contribution in [3.8, 4) is 0 Å². The Morgan fingerprint density at radius 1 is 1.18 bits per heavy atom. The van der Waals surface area contributed by atoms with Crippen molar-refractivity contribution in [2.45, 2.75) is 32.4 Å². The minimum absolute atomic E-state index is 0.212. The number of hydrogen-bond acceptors (Lipinski definition) is 3. The van der Waals surface area contributed by atoms with Crippen LogP contribution in [0.2, 0.25) is 0 Å². The molecule has 4 nitrogen and oxygen atoms in total. The first kappa shape index (κ1) is 20.7. The lowest BCUT2D eigenvalue weighted by atomic mass is 10.1. The number of benzene rings is 2. The van der Waals surface area contributed by atoms with Gasteiger partial charge in [0.2, 0.25) is 5.91 Å². The first-order valence-electron chi connectivity index (χ1n) is 9.63. The van der Waals surface area contributed by atoms with Crippen molar-refractivity contribution in [1.82, 2.24) is 5.32 Å². The molecule has 2 N–H and O–H groups in total. The van der Waals surface area contributed by atoms with E-state index in [4.69, 9.17) is 12.2 Å². The molecule has 28 heavy (non-hydrogen) atoms. The summed E-state index contributed by atoms with van der Waals surface area (Å²) in [5.41, 5.74) is 5.75. The first-order chi connectivity index (χ1) is 13.5. The van der Waals surface area contributed by atoms with Crippen molar-refractivity contribution in [2.75, 3.05) is 29.1 Å². The number of rotatable bonds is 7. The van der Waals surface area contributed by atoms with Gasteiger partial charge < -0.3 is 15.5 Å². The Morgan fingerprint density at radius 2 is 2.00 bits per heavy atom. The summed E-state index contributed by atoms with van der Waals surface area (Å²) in [5.74, 6) is 2.22. The smallest absolute Gasteiger partial charge is 0.227 e. The third-order valence-electron chi connectivity index (χ3n) is 4.87. The third-order valence-corrected chi connectivity index (χ3v) is 6.12. The van der Waals surface area contributed by atoms with Crippen LogP contribution >= 0.6 is 24.0 Å². The number of hydrogen-bond donors (Lipinski definition) is 2. The quantitative estimate of drug-likeness (QED) is 0.511.